The Balaban J connectivity index is 0. The number of ether oxygens (including phenoxy) is 1. The smallest absolute Gasteiger partial charge is 0.0437 e. The predicted octanol–water partition coefficient (Wildman–Crippen LogP) is 0.662. The molecule has 0 spiro atoms. The van der Waals surface area contributed by atoms with Gasteiger partial charge >= 0.3 is 0 Å². The standard InChI is InChI=1S/C4H10O.In/c1-3-5-4-2;/h3-4H2,1-2H3;. The van der Waals surface area contributed by atoms with Crippen LogP contribution in [0.2, 0.25) is 0 Å². The topological polar surface area (TPSA) is 9.23 Å². The largest absolute Gasteiger partial charge is 0.382 e. The summed E-state index contributed by atoms with van der Waals surface area (Å²) in [5, 5.41) is 0. The van der Waals surface area contributed by atoms with Crippen molar-refractivity contribution in [2.45, 2.75) is 13.8 Å². The molecule has 0 unspecified atom stereocenters. The molecule has 0 saturated heterocycles. The predicted molar refractivity (Wildman–Crippen MR) is 27.9 cm³/mol. The Morgan fingerprint density at radius 1 is 1.17 bits per heavy atom. The van der Waals surface area contributed by atoms with E-state index in [9.17, 15) is 0 Å². The molecule has 2 heteroatoms. The van der Waals surface area contributed by atoms with Crippen LogP contribution in [0.25, 0.3) is 0 Å². The fourth-order valence-electron chi connectivity index (χ4n) is 0.204. The minimum Gasteiger partial charge on any atom is -0.382 e. The van der Waals surface area contributed by atoms with Gasteiger partial charge in [-0.1, -0.05) is 0 Å². The molecule has 1 nitrogen and oxygen atoms in total. The molecular formula is C4H10InO. The number of hydrogen-bond donors (Lipinski definition) is 0. The molecule has 0 aliphatic carbocycles. The molecule has 0 aliphatic rings. The Morgan fingerprint density at radius 3 is 1.50 bits per heavy atom. The SMILES string of the molecule is CCOCC.[In]. The van der Waals surface area contributed by atoms with Crippen molar-refractivity contribution in [1.29, 1.82) is 0 Å². The van der Waals surface area contributed by atoms with Gasteiger partial charge in [-0.3, -0.25) is 0 Å². The maximum atomic E-state index is 4.83. The summed E-state index contributed by atoms with van der Waals surface area (Å²) in [6, 6.07) is 0. The van der Waals surface area contributed by atoms with E-state index in [2.05, 4.69) is 0 Å². The van der Waals surface area contributed by atoms with Crippen molar-refractivity contribution in [3.8, 4) is 0 Å². The van der Waals surface area contributed by atoms with Gasteiger partial charge in [0.15, 0.2) is 0 Å². The quantitative estimate of drug-likeness (QED) is 0.619. The van der Waals surface area contributed by atoms with Crippen molar-refractivity contribution in [3.05, 3.63) is 0 Å². The minimum atomic E-state index is 0. The van der Waals surface area contributed by atoms with Gasteiger partial charge in [0.05, 0.1) is 0 Å². The van der Waals surface area contributed by atoms with E-state index in [1.54, 1.807) is 0 Å². The van der Waals surface area contributed by atoms with Gasteiger partial charge in [-0.25, -0.2) is 0 Å². The zero-order valence-corrected chi connectivity index (χ0v) is 7.70. The summed E-state index contributed by atoms with van der Waals surface area (Å²) in [6.45, 7) is 5.67. The van der Waals surface area contributed by atoms with Crippen molar-refractivity contribution >= 4 is 25.8 Å². The zero-order valence-electron chi connectivity index (χ0n) is 4.40. The molecule has 0 aromatic heterocycles. The van der Waals surface area contributed by atoms with Gasteiger partial charge in [0.25, 0.3) is 0 Å². The normalized spacial score (nSPS) is 7.00. The van der Waals surface area contributed by atoms with E-state index in [1.165, 1.54) is 0 Å². The minimum absolute atomic E-state index is 0. The maximum absolute atomic E-state index is 4.83. The van der Waals surface area contributed by atoms with E-state index >= 15 is 0 Å². The fourth-order valence-corrected chi connectivity index (χ4v) is 0.204. The number of hydrogen-bond acceptors (Lipinski definition) is 1. The van der Waals surface area contributed by atoms with Gasteiger partial charge in [0.2, 0.25) is 0 Å². The molecule has 0 aliphatic heterocycles. The second-order valence-corrected chi connectivity index (χ2v) is 0.781. The molecule has 0 saturated carbocycles. The summed E-state index contributed by atoms with van der Waals surface area (Å²) < 4.78 is 4.83. The van der Waals surface area contributed by atoms with E-state index in [0.717, 1.165) is 13.2 Å². The maximum Gasteiger partial charge on any atom is 0.0437 e. The third kappa shape index (κ3) is 8.85. The molecule has 6 heavy (non-hydrogen) atoms. The van der Waals surface area contributed by atoms with E-state index in [4.69, 9.17) is 4.74 Å². The van der Waals surface area contributed by atoms with Crippen LogP contribution in [0.5, 0.6) is 0 Å². The van der Waals surface area contributed by atoms with Crippen LogP contribution >= 0.6 is 0 Å². The molecule has 35 valence electrons. The molecule has 0 aromatic rings. The summed E-state index contributed by atoms with van der Waals surface area (Å²) in [5.74, 6) is 0. The van der Waals surface area contributed by atoms with E-state index in [-0.39, 0.29) is 25.8 Å². The number of rotatable bonds is 2. The van der Waals surface area contributed by atoms with Crippen LogP contribution in [-0.2, 0) is 4.74 Å². The summed E-state index contributed by atoms with van der Waals surface area (Å²) in [7, 11) is 0. The molecule has 0 aromatic carbocycles. The molecule has 0 heterocycles. The van der Waals surface area contributed by atoms with Crippen LogP contribution in [0.1, 0.15) is 13.8 Å². The van der Waals surface area contributed by atoms with Crippen LogP contribution in [0.15, 0.2) is 0 Å². The van der Waals surface area contributed by atoms with Gasteiger partial charge < -0.3 is 4.74 Å². The molecule has 0 rings (SSSR count). The van der Waals surface area contributed by atoms with Crippen molar-refractivity contribution < 1.29 is 4.74 Å². The average molecular weight is 189 g/mol. The summed E-state index contributed by atoms with van der Waals surface area (Å²) >= 11 is 0. The van der Waals surface area contributed by atoms with E-state index in [1.807, 2.05) is 13.8 Å². The Kier molecular flexibility index (Phi) is 15.4. The second kappa shape index (κ2) is 9.27. The Morgan fingerprint density at radius 2 is 1.50 bits per heavy atom. The van der Waals surface area contributed by atoms with E-state index in [0.29, 0.717) is 0 Å². The Bertz CT molecular complexity index is 15.0. The molecule has 3 radical (unpaired) electrons. The Hall–Kier alpha value is 0.830. The molecule has 0 atom stereocenters. The Labute approximate surface area is 57.9 Å². The molecule has 0 N–H and O–H groups in total. The second-order valence-electron chi connectivity index (χ2n) is 0.781. The van der Waals surface area contributed by atoms with Crippen LogP contribution in [-0.4, -0.2) is 39.1 Å². The van der Waals surface area contributed by atoms with Gasteiger partial charge in [0.1, 0.15) is 0 Å². The fraction of sp³-hybridized carbons (Fsp3) is 1.00. The van der Waals surface area contributed by atoms with Crippen molar-refractivity contribution in [2.24, 2.45) is 0 Å². The van der Waals surface area contributed by atoms with Gasteiger partial charge in [0, 0.05) is 39.1 Å². The van der Waals surface area contributed by atoms with Crippen LogP contribution in [0.4, 0.5) is 0 Å². The third-order valence-corrected chi connectivity index (χ3v) is 0.408. The van der Waals surface area contributed by atoms with Gasteiger partial charge in [-0.05, 0) is 13.8 Å². The van der Waals surface area contributed by atoms with Crippen LogP contribution in [0, 0.1) is 0 Å². The zero-order chi connectivity index (χ0) is 4.12. The molecule has 0 amide bonds. The van der Waals surface area contributed by atoms with Crippen molar-refractivity contribution in [2.75, 3.05) is 13.2 Å². The summed E-state index contributed by atoms with van der Waals surface area (Å²) in [6.07, 6.45) is 0. The van der Waals surface area contributed by atoms with Crippen molar-refractivity contribution in [3.63, 3.8) is 0 Å². The molecule has 0 fully saturated rings. The van der Waals surface area contributed by atoms with Gasteiger partial charge in [-0.2, -0.15) is 0 Å². The molecular weight excluding hydrogens is 179 g/mol. The summed E-state index contributed by atoms with van der Waals surface area (Å²) in [4.78, 5) is 0. The third-order valence-electron chi connectivity index (χ3n) is 0.408. The van der Waals surface area contributed by atoms with Crippen LogP contribution < -0.4 is 0 Å². The first-order valence-electron chi connectivity index (χ1n) is 1.99. The van der Waals surface area contributed by atoms with Crippen molar-refractivity contribution in [1.82, 2.24) is 0 Å². The van der Waals surface area contributed by atoms with E-state index < -0.39 is 0 Å². The average Bonchev–Trinajstić information content (AvgIpc) is 1.41. The van der Waals surface area contributed by atoms with Crippen LogP contribution in [0.3, 0.4) is 0 Å². The monoisotopic (exact) mass is 189 g/mol. The summed E-state index contributed by atoms with van der Waals surface area (Å²) in [5.41, 5.74) is 0. The van der Waals surface area contributed by atoms with Gasteiger partial charge in [-0.15, -0.1) is 0 Å². The first-order chi connectivity index (χ1) is 2.41. The first-order valence-corrected chi connectivity index (χ1v) is 1.99. The molecule has 0 bridgehead atoms. The first kappa shape index (κ1) is 9.95.